The molecule has 1 saturated heterocycles. The Morgan fingerprint density at radius 3 is 2.49 bits per heavy atom. The van der Waals surface area contributed by atoms with E-state index in [0.717, 1.165) is 6.07 Å². The number of imide groups is 1. The Morgan fingerprint density at radius 2 is 1.80 bits per heavy atom. The number of para-hydroxylation sites is 2. The van der Waals surface area contributed by atoms with Crippen LogP contribution in [-0.4, -0.2) is 97.6 Å². The summed E-state index contributed by atoms with van der Waals surface area (Å²) in [6, 6.07) is 5.04. The van der Waals surface area contributed by atoms with Gasteiger partial charge >= 0.3 is 30.9 Å². The van der Waals surface area contributed by atoms with Gasteiger partial charge in [0.15, 0.2) is 17.3 Å². The third kappa shape index (κ3) is 5.81. The smallest absolute Gasteiger partial charge is 0.526 e. The summed E-state index contributed by atoms with van der Waals surface area (Å²) in [5.41, 5.74) is -0.0648. The summed E-state index contributed by atoms with van der Waals surface area (Å²) in [6.07, 6.45) is -2.40. The largest absolute Gasteiger partial charge is 0.535 e. The number of urea groups is 1. The molecule has 2 heterocycles. The van der Waals surface area contributed by atoms with E-state index in [1.54, 1.807) is 13.0 Å². The van der Waals surface area contributed by atoms with Gasteiger partial charge in [-0.3, -0.25) is 19.3 Å². The number of aromatic carboxylic acids is 1. The van der Waals surface area contributed by atoms with Gasteiger partial charge < -0.3 is 40.3 Å². The molecule has 41 heavy (non-hydrogen) atoms. The zero-order valence-corrected chi connectivity index (χ0v) is 21.9. The van der Waals surface area contributed by atoms with Crippen molar-refractivity contribution < 1.29 is 54.1 Å². The number of rotatable bonds is 8. The van der Waals surface area contributed by atoms with Crippen molar-refractivity contribution >= 4 is 36.7 Å². The van der Waals surface area contributed by atoms with Crippen molar-refractivity contribution in [3.63, 3.8) is 0 Å². The molecule has 2 aliphatic heterocycles. The molecule has 2 unspecified atom stereocenters. The quantitative estimate of drug-likeness (QED) is 0.142. The van der Waals surface area contributed by atoms with Crippen molar-refractivity contribution in [2.24, 2.45) is 0 Å². The second-order valence-electron chi connectivity index (χ2n) is 9.67. The topological polar surface area (TPSA) is 214 Å². The number of hydrogen-bond donors (Lipinski definition) is 6. The molecule has 14 nitrogen and oxygen atoms in total. The number of carboxylic acid groups (broad SMARTS) is 1. The minimum atomic E-state index is -1.92. The summed E-state index contributed by atoms with van der Waals surface area (Å²) >= 11 is 0. The highest BCUT2D eigenvalue weighted by molar-refractivity contribution is 6.47. The van der Waals surface area contributed by atoms with Crippen molar-refractivity contribution in [3.05, 3.63) is 53.1 Å². The number of fused-ring (bicyclic) bond motifs is 1. The van der Waals surface area contributed by atoms with Crippen LogP contribution >= 0.6 is 0 Å². The summed E-state index contributed by atoms with van der Waals surface area (Å²) < 4.78 is 5.42. The number of benzene rings is 2. The first kappa shape index (κ1) is 29.4. The Morgan fingerprint density at radius 1 is 1.10 bits per heavy atom. The van der Waals surface area contributed by atoms with E-state index < -0.39 is 72.6 Å². The molecule has 2 aromatic rings. The summed E-state index contributed by atoms with van der Waals surface area (Å²) in [5.74, 6) is -6.47. The lowest BCUT2D eigenvalue weighted by Crippen LogP contribution is -2.60. The zero-order chi connectivity index (χ0) is 30.0. The summed E-state index contributed by atoms with van der Waals surface area (Å²) in [7, 11) is -1.61. The molecule has 4 amide bonds. The molecule has 216 valence electrons. The third-order valence-corrected chi connectivity index (χ3v) is 7.16. The van der Waals surface area contributed by atoms with Crippen molar-refractivity contribution in [3.8, 4) is 17.2 Å². The van der Waals surface area contributed by atoms with E-state index in [0.29, 0.717) is 10.5 Å². The molecule has 0 radical (unpaired) electrons. The number of piperazine rings is 1. The fourth-order valence-corrected chi connectivity index (χ4v) is 4.90. The van der Waals surface area contributed by atoms with E-state index in [1.165, 1.54) is 29.2 Å². The number of likely N-dealkylation sites (N-methyl/N-ethyl adjacent to an activating group) is 1. The molecular weight excluding hydrogens is 541 g/mol. The standard InChI is InChI=1S/C26H28BN3O11/c1-2-29-9-10-30(24(36)23(29)35)26(39)28-19(21(34)15-6-4-8-17(31)20(15)33)18(32)12-14-11-13-5-3-7-16(25(37)38)22(13)41-27(14)40/h3-8,14,19,21,31,33-34,40H,2,9-12H2,1H3,(H,28,39)(H,37,38)/t14-,19?,21?/m1/s1. The molecular formula is C26H28BN3O11. The number of phenolic OH excluding ortho intramolecular Hbond substituents is 2. The molecule has 6 N–H and O–H groups in total. The second-order valence-corrected chi connectivity index (χ2v) is 9.67. The van der Waals surface area contributed by atoms with Crippen LogP contribution in [0, 0.1) is 0 Å². The minimum absolute atomic E-state index is 0.0173. The van der Waals surface area contributed by atoms with Crippen molar-refractivity contribution in [2.45, 2.75) is 37.7 Å². The zero-order valence-electron chi connectivity index (χ0n) is 21.9. The number of Topliss-reactive ketones (excluding diaryl/α,β-unsaturated/α-hetero) is 1. The Labute approximate surface area is 233 Å². The molecule has 2 aromatic carbocycles. The number of amides is 4. The van der Waals surface area contributed by atoms with Crippen LogP contribution in [0.3, 0.4) is 0 Å². The average molecular weight is 569 g/mol. The number of phenols is 2. The number of aliphatic hydroxyl groups excluding tert-OH is 1. The van der Waals surface area contributed by atoms with Gasteiger partial charge in [0.05, 0.1) is 5.56 Å². The first-order valence-corrected chi connectivity index (χ1v) is 12.8. The van der Waals surface area contributed by atoms with E-state index in [-0.39, 0.29) is 42.9 Å². The van der Waals surface area contributed by atoms with Gasteiger partial charge in [-0.15, -0.1) is 0 Å². The van der Waals surface area contributed by atoms with Crippen LogP contribution in [0.5, 0.6) is 17.2 Å². The maximum Gasteiger partial charge on any atom is 0.526 e. The molecule has 0 spiro atoms. The average Bonchev–Trinajstić information content (AvgIpc) is 2.94. The van der Waals surface area contributed by atoms with Crippen LogP contribution in [0.25, 0.3) is 0 Å². The Bertz CT molecular complexity index is 1400. The van der Waals surface area contributed by atoms with Gasteiger partial charge in [0.2, 0.25) is 0 Å². The molecule has 0 aromatic heterocycles. The number of carbonyl (C=O) groups excluding carboxylic acids is 4. The Balaban J connectivity index is 1.60. The van der Waals surface area contributed by atoms with Crippen LogP contribution < -0.4 is 9.97 Å². The fraction of sp³-hybridized carbons (Fsp3) is 0.346. The molecule has 1 fully saturated rings. The van der Waals surface area contributed by atoms with Gasteiger partial charge in [0.1, 0.15) is 17.9 Å². The van der Waals surface area contributed by atoms with Crippen molar-refractivity contribution in [2.75, 3.05) is 19.6 Å². The predicted octanol–water partition coefficient (Wildman–Crippen LogP) is 0.0433. The Kier molecular flexibility index (Phi) is 8.49. The summed E-state index contributed by atoms with van der Waals surface area (Å²) in [4.78, 5) is 64.9. The highest BCUT2D eigenvalue weighted by Crippen LogP contribution is 2.38. The molecule has 4 rings (SSSR count). The highest BCUT2D eigenvalue weighted by atomic mass is 16.5. The molecule has 3 atom stereocenters. The van der Waals surface area contributed by atoms with E-state index in [1.807, 2.05) is 0 Å². The highest BCUT2D eigenvalue weighted by Gasteiger charge is 2.42. The lowest BCUT2D eigenvalue weighted by molar-refractivity contribution is -0.153. The monoisotopic (exact) mass is 569 g/mol. The van der Waals surface area contributed by atoms with E-state index in [9.17, 15) is 49.4 Å². The van der Waals surface area contributed by atoms with Crippen LogP contribution in [-0.2, 0) is 20.8 Å². The van der Waals surface area contributed by atoms with Gasteiger partial charge in [0.25, 0.3) is 0 Å². The van der Waals surface area contributed by atoms with Crippen LogP contribution in [0.4, 0.5) is 4.79 Å². The fourth-order valence-electron chi connectivity index (χ4n) is 4.90. The first-order valence-electron chi connectivity index (χ1n) is 12.8. The first-order chi connectivity index (χ1) is 19.4. The third-order valence-electron chi connectivity index (χ3n) is 7.16. The number of ketones is 1. The minimum Gasteiger partial charge on any atom is -0.535 e. The second kappa shape index (κ2) is 11.9. The summed E-state index contributed by atoms with van der Waals surface area (Å²) in [6.45, 7) is 1.81. The van der Waals surface area contributed by atoms with Gasteiger partial charge in [-0.1, -0.05) is 24.3 Å². The molecule has 0 bridgehead atoms. The predicted molar refractivity (Wildman–Crippen MR) is 140 cm³/mol. The van der Waals surface area contributed by atoms with Gasteiger partial charge in [-0.2, -0.15) is 0 Å². The lowest BCUT2D eigenvalue weighted by atomic mass is 9.64. The maximum absolute atomic E-state index is 13.6. The normalized spacial score (nSPS) is 18.3. The van der Waals surface area contributed by atoms with Gasteiger partial charge in [-0.05, 0) is 31.0 Å². The SMILES string of the molecule is CCN1CCN(C(=O)NC(C(=O)C[C@H]2Cc3cccc(C(=O)O)c3OB2O)C(O)c2cccc(O)c2O)C(=O)C1=O. The molecule has 0 saturated carbocycles. The lowest BCUT2D eigenvalue weighted by Gasteiger charge is -2.34. The van der Waals surface area contributed by atoms with Gasteiger partial charge in [0, 0.05) is 37.4 Å². The van der Waals surface area contributed by atoms with Crippen molar-refractivity contribution in [1.82, 2.24) is 15.1 Å². The van der Waals surface area contributed by atoms with Crippen LogP contribution in [0.1, 0.15) is 40.9 Å². The van der Waals surface area contributed by atoms with Crippen LogP contribution in [0.2, 0.25) is 5.82 Å². The number of nitrogens with one attached hydrogen (secondary N) is 1. The number of carboxylic acids is 1. The van der Waals surface area contributed by atoms with Gasteiger partial charge in [-0.25, -0.2) is 9.59 Å². The number of aliphatic hydroxyl groups is 1. The number of hydrogen-bond acceptors (Lipinski definition) is 10. The number of aromatic hydroxyl groups is 2. The van der Waals surface area contributed by atoms with E-state index >= 15 is 0 Å². The number of nitrogens with zero attached hydrogens (tertiary/aromatic N) is 2. The van der Waals surface area contributed by atoms with E-state index in [2.05, 4.69) is 5.32 Å². The molecule has 2 aliphatic rings. The maximum atomic E-state index is 13.6. The number of carbonyl (C=O) groups is 5. The van der Waals surface area contributed by atoms with E-state index in [4.69, 9.17) is 4.65 Å². The van der Waals surface area contributed by atoms with Crippen molar-refractivity contribution in [1.29, 1.82) is 0 Å². The Hall–Kier alpha value is -4.63. The summed E-state index contributed by atoms with van der Waals surface area (Å²) in [5, 5.41) is 53.6. The molecule has 15 heteroatoms. The van der Waals surface area contributed by atoms with Crippen LogP contribution in [0.15, 0.2) is 36.4 Å². The molecule has 0 aliphatic carbocycles.